The highest BCUT2D eigenvalue weighted by molar-refractivity contribution is 6.32. The van der Waals surface area contributed by atoms with E-state index in [1.807, 2.05) is 30.3 Å². The first-order chi connectivity index (χ1) is 10.2. The molecule has 0 fully saturated rings. The van der Waals surface area contributed by atoms with Gasteiger partial charge in [0.25, 0.3) is 0 Å². The summed E-state index contributed by atoms with van der Waals surface area (Å²) in [5, 5.41) is 3.38. The molecule has 0 aromatic heterocycles. The Morgan fingerprint density at radius 2 is 2.10 bits per heavy atom. The van der Waals surface area contributed by atoms with Gasteiger partial charge in [-0.3, -0.25) is 4.79 Å². The van der Waals surface area contributed by atoms with E-state index in [0.717, 1.165) is 16.8 Å². The predicted octanol–water partition coefficient (Wildman–Crippen LogP) is 3.48. The lowest BCUT2D eigenvalue weighted by molar-refractivity contribution is -0.116. The lowest BCUT2D eigenvalue weighted by atomic mass is 10.0. The zero-order valence-corrected chi connectivity index (χ0v) is 12.1. The number of carbonyl (C=O) groups is 1. The van der Waals surface area contributed by atoms with E-state index < -0.39 is 0 Å². The molecular formula is C16H15ClN2O2. The summed E-state index contributed by atoms with van der Waals surface area (Å²) in [6.07, 6.45) is 1.21. The number of nitrogens with two attached hydrogens (primary N) is 1. The van der Waals surface area contributed by atoms with Gasteiger partial charge in [-0.25, -0.2) is 0 Å². The Bertz CT molecular complexity index is 701. The van der Waals surface area contributed by atoms with Crippen LogP contribution in [0.3, 0.4) is 0 Å². The molecule has 21 heavy (non-hydrogen) atoms. The minimum absolute atomic E-state index is 0.0488. The van der Waals surface area contributed by atoms with Crippen molar-refractivity contribution < 1.29 is 9.53 Å². The molecule has 0 aliphatic carbocycles. The fraction of sp³-hybridized carbons (Fsp3) is 0.188. The lowest BCUT2D eigenvalue weighted by Gasteiger charge is -2.18. The number of benzene rings is 2. The molecule has 1 aliphatic rings. The van der Waals surface area contributed by atoms with E-state index in [0.29, 0.717) is 35.9 Å². The fourth-order valence-corrected chi connectivity index (χ4v) is 2.60. The van der Waals surface area contributed by atoms with E-state index in [-0.39, 0.29) is 5.91 Å². The Kier molecular flexibility index (Phi) is 3.82. The maximum absolute atomic E-state index is 11.4. The number of hydrogen-bond donors (Lipinski definition) is 2. The average Bonchev–Trinajstić information content (AvgIpc) is 2.49. The second-order valence-corrected chi connectivity index (χ2v) is 5.31. The Morgan fingerprint density at radius 3 is 2.90 bits per heavy atom. The maximum atomic E-state index is 11.4. The first-order valence-electron chi connectivity index (χ1n) is 6.75. The van der Waals surface area contributed by atoms with Crippen LogP contribution in [0.2, 0.25) is 5.02 Å². The molecule has 0 bridgehead atoms. The molecular weight excluding hydrogens is 288 g/mol. The summed E-state index contributed by atoms with van der Waals surface area (Å²) in [7, 11) is 0. The molecule has 2 aromatic rings. The van der Waals surface area contributed by atoms with Crippen LogP contribution in [0, 0.1) is 0 Å². The molecule has 0 atom stereocenters. The Hall–Kier alpha value is -2.04. The normalized spacial score (nSPS) is 13.5. The molecule has 0 radical (unpaired) electrons. The lowest BCUT2D eigenvalue weighted by Crippen LogP contribution is -2.18. The number of ether oxygens (including phenoxy) is 1. The second-order valence-electron chi connectivity index (χ2n) is 4.90. The third-order valence-corrected chi connectivity index (χ3v) is 3.76. The minimum atomic E-state index is 0.0488. The quantitative estimate of drug-likeness (QED) is 0.912. The smallest absolute Gasteiger partial charge is 0.224 e. The summed E-state index contributed by atoms with van der Waals surface area (Å²) in [6.45, 7) is 0.358. The van der Waals surface area contributed by atoms with E-state index in [1.54, 1.807) is 6.07 Å². The number of amides is 1. The van der Waals surface area contributed by atoms with Crippen molar-refractivity contribution in [2.24, 2.45) is 5.73 Å². The van der Waals surface area contributed by atoms with Gasteiger partial charge < -0.3 is 15.8 Å². The number of fused-ring (bicyclic) bond motifs is 1. The van der Waals surface area contributed by atoms with Crippen molar-refractivity contribution in [1.29, 1.82) is 0 Å². The van der Waals surface area contributed by atoms with Gasteiger partial charge in [0, 0.05) is 24.2 Å². The van der Waals surface area contributed by atoms with Gasteiger partial charge in [0.2, 0.25) is 5.91 Å². The maximum Gasteiger partial charge on any atom is 0.224 e. The van der Waals surface area contributed by atoms with Crippen LogP contribution in [-0.2, 0) is 17.8 Å². The van der Waals surface area contributed by atoms with Gasteiger partial charge in [0.15, 0.2) is 0 Å². The standard InChI is InChI=1S/C16H15ClN2O2/c17-13-3-1-2-11(9-18)16(13)21-12-5-6-14-10(8-12)4-7-15(20)19-14/h1-3,5-6,8H,4,7,9,18H2,(H,19,20). The molecule has 2 aromatic carbocycles. The molecule has 1 amide bonds. The van der Waals surface area contributed by atoms with Crippen molar-refractivity contribution in [3.8, 4) is 11.5 Å². The first kappa shape index (κ1) is 13.9. The van der Waals surface area contributed by atoms with Crippen LogP contribution in [-0.4, -0.2) is 5.91 Å². The highest BCUT2D eigenvalue weighted by atomic mass is 35.5. The number of anilines is 1. The average molecular weight is 303 g/mol. The van der Waals surface area contributed by atoms with Gasteiger partial charge in [0.05, 0.1) is 5.02 Å². The predicted molar refractivity (Wildman–Crippen MR) is 82.8 cm³/mol. The molecule has 3 N–H and O–H groups in total. The Morgan fingerprint density at radius 1 is 1.24 bits per heavy atom. The SMILES string of the molecule is NCc1cccc(Cl)c1Oc1ccc2c(c1)CCC(=O)N2. The van der Waals surface area contributed by atoms with Crippen molar-refractivity contribution in [3.05, 3.63) is 52.5 Å². The number of carbonyl (C=O) groups excluding carboxylic acids is 1. The van der Waals surface area contributed by atoms with Crippen LogP contribution in [0.25, 0.3) is 0 Å². The van der Waals surface area contributed by atoms with Gasteiger partial charge >= 0.3 is 0 Å². The van der Waals surface area contributed by atoms with Crippen molar-refractivity contribution in [2.75, 3.05) is 5.32 Å². The topological polar surface area (TPSA) is 64.3 Å². The number of para-hydroxylation sites is 1. The van der Waals surface area contributed by atoms with Crippen molar-refractivity contribution in [3.63, 3.8) is 0 Å². The summed E-state index contributed by atoms with van der Waals surface area (Å²) >= 11 is 6.18. The Labute approximate surface area is 127 Å². The van der Waals surface area contributed by atoms with Crippen molar-refractivity contribution in [2.45, 2.75) is 19.4 Å². The van der Waals surface area contributed by atoms with E-state index in [2.05, 4.69) is 5.32 Å². The molecule has 0 spiro atoms. The van der Waals surface area contributed by atoms with Gasteiger partial charge in [-0.05, 0) is 36.2 Å². The minimum Gasteiger partial charge on any atom is -0.455 e. The van der Waals surface area contributed by atoms with E-state index in [1.165, 1.54) is 0 Å². The van der Waals surface area contributed by atoms with Crippen LogP contribution in [0.5, 0.6) is 11.5 Å². The molecule has 108 valence electrons. The molecule has 4 nitrogen and oxygen atoms in total. The molecule has 1 heterocycles. The van der Waals surface area contributed by atoms with Gasteiger partial charge in [-0.1, -0.05) is 23.7 Å². The highest BCUT2D eigenvalue weighted by Gasteiger charge is 2.16. The zero-order chi connectivity index (χ0) is 14.8. The highest BCUT2D eigenvalue weighted by Crippen LogP contribution is 2.35. The number of aryl methyl sites for hydroxylation is 1. The zero-order valence-electron chi connectivity index (χ0n) is 11.4. The number of rotatable bonds is 3. The summed E-state index contributed by atoms with van der Waals surface area (Å²) in [5.74, 6) is 1.32. The third-order valence-electron chi connectivity index (χ3n) is 3.46. The second kappa shape index (κ2) is 5.76. The molecule has 5 heteroatoms. The summed E-state index contributed by atoms with van der Waals surface area (Å²) in [6, 6.07) is 11.1. The largest absolute Gasteiger partial charge is 0.455 e. The van der Waals surface area contributed by atoms with Crippen LogP contribution < -0.4 is 15.8 Å². The van der Waals surface area contributed by atoms with Gasteiger partial charge in [0.1, 0.15) is 11.5 Å². The Balaban J connectivity index is 1.91. The van der Waals surface area contributed by atoms with Crippen LogP contribution in [0.15, 0.2) is 36.4 Å². The number of halogens is 1. The molecule has 0 saturated heterocycles. The molecule has 0 saturated carbocycles. The molecule has 1 aliphatic heterocycles. The first-order valence-corrected chi connectivity index (χ1v) is 7.13. The fourth-order valence-electron chi connectivity index (χ4n) is 2.37. The number of hydrogen-bond acceptors (Lipinski definition) is 3. The monoisotopic (exact) mass is 302 g/mol. The van der Waals surface area contributed by atoms with Gasteiger partial charge in [-0.2, -0.15) is 0 Å². The summed E-state index contributed by atoms with van der Waals surface area (Å²) in [4.78, 5) is 11.4. The van der Waals surface area contributed by atoms with E-state index >= 15 is 0 Å². The van der Waals surface area contributed by atoms with Gasteiger partial charge in [-0.15, -0.1) is 0 Å². The summed E-state index contributed by atoms with van der Waals surface area (Å²) < 4.78 is 5.90. The van der Waals surface area contributed by atoms with Crippen molar-refractivity contribution in [1.82, 2.24) is 0 Å². The summed E-state index contributed by atoms with van der Waals surface area (Å²) in [5.41, 5.74) is 8.48. The van der Waals surface area contributed by atoms with Crippen molar-refractivity contribution >= 4 is 23.2 Å². The van der Waals surface area contributed by atoms with Crippen LogP contribution in [0.1, 0.15) is 17.5 Å². The van der Waals surface area contributed by atoms with E-state index in [9.17, 15) is 4.79 Å². The van der Waals surface area contributed by atoms with Crippen LogP contribution in [0.4, 0.5) is 5.69 Å². The third kappa shape index (κ3) is 2.86. The molecule has 0 unspecified atom stereocenters. The van der Waals surface area contributed by atoms with Crippen LogP contribution >= 0.6 is 11.6 Å². The number of nitrogens with one attached hydrogen (secondary N) is 1. The van der Waals surface area contributed by atoms with E-state index in [4.69, 9.17) is 22.1 Å². The molecule has 3 rings (SSSR count).